The predicted octanol–water partition coefficient (Wildman–Crippen LogP) is 3.19. The highest BCUT2D eigenvalue weighted by atomic mass is 32.2. The van der Waals surface area contributed by atoms with Gasteiger partial charge in [-0.1, -0.05) is 44.4 Å². The van der Waals surface area contributed by atoms with Crippen LogP contribution >= 0.6 is 11.8 Å². The van der Waals surface area contributed by atoms with Gasteiger partial charge < -0.3 is 5.32 Å². The minimum atomic E-state index is 0.568. The topological polar surface area (TPSA) is 55.6 Å². The van der Waals surface area contributed by atoms with Crippen molar-refractivity contribution in [3.05, 3.63) is 0 Å². The number of hydrogen-bond donors (Lipinski definition) is 1. The molecule has 0 radical (unpaired) electrons. The van der Waals surface area contributed by atoms with E-state index in [1.165, 1.54) is 57.8 Å². The fourth-order valence-corrected chi connectivity index (χ4v) is 4.43. The summed E-state index contributed by atoms with van der Waals surface area (Å²) in [5.41, 5.74) is 0. The molecule has 2 atom stereocenters. The lowest BCUT2D eigenvalue weighted by molar-refractivity contribution is 0.399. The Morgan fingerprint density at radius 1 is 1.14 bits per heavy atom. The number of aromatic nitrogens is 4. The molecule has 1 heterocycles. The summed E-state index contributed by atoms with van der Waals surface area (Å²) in [6, 6.07) is 1.18. The van der Waals surface area contributed by atoms with Gasteiger partial charge in [-0.25, -0.2) is 4.68 Å². The average Bonchev–Trinajstić information content (AvgIpc) is 3.21. The van der Waals surface area contributed by atoms with Crippen LogP contribution in [0.4, 0.5) is 0 Å². The zero-order valence-electron chi connectivity index (χ0n) is 13.0. The van der Waals surface area contributed by atoms with Gasteiger partial charge in [0.05, 0.1) is 6.04 Å². The van der Waals surface area contributed by atoms with Gasteiger partial charge in [-0.3, -0.25) is 0 Å². The second kappa shape index (κ2) is 7.58. The van der Waals surface area contributed by atoms with Crippen LogP contribution in [0.25, 0.3) is 0 Å². The van der Waals surface area contributed by atoms with Gasteiger partial charge in [0.15, 0.2) is 0 Å². The van der Waals surface area contributed by atoms with Crippen LogP contribution in [0.3, 0.4) is 0 Å². The lowest BCUT2D eigenvalue weighted by Crippen LogP contribution is -2.39. The molecule has 118 valence electrons. The Morgan fingerprint density at radius 2 is 1.95 bits per heavy atom. The Morgan fingerprint density at radius 3 is 2.71 bits per heavy atom. The minimum absolute atomic E-state index is 0.568. The van der Waals surface area contributed by atoms with Gasteiger partial charge >= 0.3 is 0 Å². The molecule has 2 saturated carbocycles. The van der Waals surface area contributed by atoms with Gasteiger partial charge in [0.2, 0.25) is 5.16 Å². The summed E-state index contributed by atoms with van der Waals surface area (Å²) in [4.78, 5) is 0. The number of rotatable bonds is 6. The van der Waals surface area contributed by atoms with E-state index in [9.17, 15) is 0 Å². The molecule has 1 aromatic heterocycles. The van der Waals surface area contributed by atoms with Crippen LogP contribution in [0.1, 0.15) is 70.8 Å². The van der Waals surface area contributed by atoms with Crippen LogP contribution in [0.15, 0.2) is 5.16 Å². The molecule has 0 spiro atoms. The molecular formula is C15H27N5S. The third kappa shape index (κ3) is 4.19. The first-order valence-electron chi connectivity index (χ1n) is 8.56. The Balaban J connectivity index is 1.66. The first kappa shape index (κ1) is 15.3. The number of hydrogen-bond acceptors (Lipinski definition) is 5. The SMILES string of the molecule is CCCNC1CCCCCCC1Sc1nnnn1C1CC1. The summed E-state index contributed by atoms with van der Waals surface area (Å²) < 4.78 is 2.06. The summed E-state index contributed by atoms with van der Waals surface area (Å²) in [7, 11) is 0. The van der Waals surface area contributed by atoms with Crippen molar-refractivity contribution in [2.75, 3.05) is 6.54 Å². The molecule has 2 aliphatic carbocycles. The fraction of sp³-hybridized carbons (Fsp3) is 0.933. The van der Waals surface area contributed by atoms with Crippen molar-refractivity contribution in [3.8, 4) is 0 Å². The van der Waals surface area contributed by atoms with Gasteiger partial charge in [0.25, 0.3) is 0 Å². The molecule has 1 N–H and O–H groups in total. The Hall–Kier alpha value is -0.620. The highest BCUT2D eigenvalue weighted by Gasteiger charge is 2.31. The Kier molecular flexibility index (Phi) is 5.52. The molecule has 0 amide bonds. The number of thioether (sulfide) groups is 1. The molecule has 2 unspecified atom stereocenters. The molecule has 2 fully saturated rings. The quantitative estimate of drug-likeness (QED) is 0.874. The zero-order chi connectivity index (χ0) is 14.5. The summed E-state index contributed by atoms with van der Waals surface area (Å²) in [5.74, 6) is 0. The largest absolute Gasteiger partial charge is 0.313 e. The van der Waals surface area contributed by atoms with Crippen molar-refractivity contribution in [2.45, 2.75) is 87.2 Å². The average molecular weight is 309 g/mol. The summed E-state index contributed by atoms with van der Waals surface area (Å²) in [6.07, 6.45) is 11.7. The molecule has 5 nitrogen and oxygen atoms in total. The third-order valence-corrected chi connectivity index (χ3v) is 5.82. The fourth-order valence-electron chi connectivity index (χ4n) is 3.10. The van der Waals surface area contributed by atoms with Crippen LogP contribution in [-0.2, 0) is 0 Å². The van der Waals surface area contributed by atoms with Crippen molar-refractivity contribution >= 4 is 11.8 Å². The van der Waals surface area contributed by atoms with E-state index in [1.807, 2.05) is 11.8 Å². The molecule has 0 bridgehead atoms. The molecule has 6 heteroatoms. The zero-order valence-corrected chi connectivity index (χ0v) is 13.8. The van der Waals surface area contributed by atoms with Gasteiger partial charge in [-0.05, 0) is 49.1 Å². The normalized spacial score (nSPS) is 27.3. The monoisotopic (exact) mass is 309 g/mol. The van der Waals surface area contributed by atoms with E-state index < -0.39 is 0 Å². The smallest absolute Gasteiger partial charge is 0.209 e. The van der Waals surface area contributed by atoms with Crippen LogP contribution in [-0.4, -0.2) is 38.0 Å². The number of nitrogens with one attached hydrogen (secondary N) is 1. The predicted molar refractivity (Wildman–Crippen MR) is 85.5 cm³/mol. The van der Waals surface area contributed by atoms with Crippen molar-refractivity contribution in [2.24, 2.45) is 0 Å². The summed E-state index contributed by atoms with van der Waals surface area (Å²) >= 11 is 1.91. The second-order valence-electron chi connectivity index (χ2n) is 6.35. The van der Waals surface area contributed by atoms with Gasteiger partial charge in [0.1, 0.15) is 0 Å². The minimum Gasteiger partial charge on any atom is -0.313 e. The van der Waals surface area contributed by atoms with E-state index in [-0.39, 0.29) is 0 Å². The number of tetrazole rings is 1. The van der Waals surface area contributed by atoms with E-state index in [4.69, 9.17) is 0 Å². The molecule has 2 aliphatic rings. The molecule has 21 heavy (non-hydrogen) atoms. The molecule has 3 rings (SSSR count). The molecular weight excluding hydrogens is 282 g/mol. The van der Waals surface area contributed by atoms with Crippen molar-refractivity contribution < 1.29 is 0 Å². The van der Waals surface area contributed by atoms with E-state index in [2.05, 4.69) is 32.4 Å². The first-order chi connectivity index (χ1) is 10.4. The molecule has 0 saturated heterocycles. The lowest BCUT2D eigenvalue weighted by Gasteiger charge is -2.29. The maximum Gasteiger partial charge on any atom is 0.209 e. The highest BCUT2D eigenvalue weighted by molar-refractivity contribution is 7.99. The van der Waals surface area contributed by atoms with Gasteiger partial charge in [-0.15, -0.1) is 5.10 Å². The number of nitrogens with zero attached hydrogens (tertiary/aromatic N) is 4. The molecule has 1 aromatic rings. The lowest BCUT2D eigenvalue weighted by atomic mass is 9.96. The highest BCUT2D eigenvalue weighted by Crippen LogP contribution is 2.38. The summed E-state index contributed by atoms with van der Waals surface area (Å²) in [6.45, 7) is 3.36. The van der Waals surface area contributed by atoms with Crippen molar-refractivity contribution in [3.63, 3.8) is 0 Å². The maximum absolute atomic E-state index is 4.28. The van der Waals surface area contributed by atoms with Crippen molar-refractivity contribution in [1.82, 2.24) is 25.5 Å². The van der Waals surface area contributed by atoms with E-state index in [1.54, 1.807) is 0 Å². The van der Waals surface area contributed by atoms with E-state index in [0.29, 0.717) is 17.3 Å². The first-order valence-corrected chi connectivity index (χ1v) is 9.44. The van der Waals surface area contributed by atoms with E-state index >= 15 is 0 Å². The summed E-state index contributed by atoms with van der Waals surface area (Å²) in [5, 5.41) is 17.8. The van der Waals surface area contributed by atoms with Gasteiger partial charge in [0, 0.05) is 11.3 Å². The Labute approximate surface area is 131 Å². The van der Waals surface area contributed by atoms with Crippen LogP contribution in [0.5, 0.6) is 0 Å². The standard InChI is InChI=1S/C15H27N5S/c1-2-11-16-13-7-5-3-4-6-8-14(13)21-15-17-18-19-20(15)12-9-10-12/h12-14,16H,2-11H2,1H3. The Bertz CT molecular complexity index is 429. The van der Waals surface area contributed by atoms with Gasteiger partial charge in [-0.2, -0.15) is 0 Å². The maximum atomic E-state index is 4.28. The third-order valence-electron chi connectivity index (χ3n) is 4.47. The molecule has 0 aliphatic heterocycles. The van der Waals surface area contributed by atoms with Crippen molar-refractivity contribution in [1.29, 1.82) is 0 Å². The second-order valence-corrected chi connectivity index (χ2v) is 7.55. The van der Waals surface area contributed by atoms with E-state index in [0.717, 1.165) is 11.7 Å². The molecule has 0 aromatic carbocycles. The van der Waals surface area contributed by atoms with Crippen LogP contribution in [0.2, 0.25) is 0 Å². The van der Waals surface area contributed by atoms with Crippen LogP contribution < -0.4 is 5.32 Å². The van der Waals surface area contributed by atoms with Crippen LogP contribution in [0, 0.1) is 0 Å².